The fourth-order valence-electron chi connectivity index (χ4n) is 2.28. The Morgan fingerprint density at radius 2 is 2.25 bits per heavy atom. The number of esters is 1. The average molecular weight is 227 g/mol. The van der Waals surface area contributed by atoms with Gasteiger partial charge in [-0.25, -0.2) is 0 Å². The highest BCUT2D eigenvalue weighted by molar-refractivity contribution is 5.77. The molecule has 0 bridgehead atoms. The van der Waals surface area contributed by atoms with Crippen molar-refractivity contribution >= 4 is 5.97 Å². The monoisotopic (exact) mass is 227 g/mol. The molecule has 2 aliphatic rings. The lowest BCUT2D eigenvalue weighted by Gasteiger charge is -2.30. The molecule has 2 rings (SSSR count). The maximum atomic E-state index is 11.4. The van der Waals surface area contributed by atoms with Gasteiger partial charge >= 0.3 is 5.97 Å². The number of nitrogens with zero attached hydrogens (tertiary/aromatic N) is 2. The van der Waals surface area contributed by atoms with Gasteiger partial charge in [0.05, 0.1) is 6.61 Å². The van der Waals surface area contributed by atoms with Crippen molar-refractivity contribution < 1.29 is 9.53 Å². The van der Waals surface area contributed by atoms with E-state index in [4.69, 9.17) is 4.74 Å². The summed E-state index contributed by atoms with van der Waals surface area (Å²) < 4.78 is 4.97. The topological polar surface area (TPSA) is 44.8 Å². The molecule has 1 atom stereocenters. The fourth-order valence-corrected chi connectivity index (χ4v) is 2.28. The summed E-state index contributed by atoms with van der Waals surface area (Å²) >= 11 is 0. The summed E-state index contributed by atoms with van der Waals surface area (Å²) in [5.74, 6) is -0.0530. The molecule has 1 unspecified atom stereocenters. The van der Waals surface area contributed by atoms with Gasteiger partial charge in [-0.1, -0.05) is 0 Å². The Labute approximate surface area is 96.7 Å². The molecule has 5 heteroatoms. The first-order valence-corrected chi connectivity index (χ1v) is 6.07. The predicted molar refractivity (Wildman–Crippen MR) is 61.3 cm³/mol. The van der Waals surface area contributed by atoms with E-state index in [1.165, 1.54) is 0 Å². The summed E-state index contributed by atoms with van der Waals surface area (Å²) in [5, 5.41) is 3.34. The fraction of sp³-hybridized carbons (Fsp3) is 0.909. The number of rotatable bonds is 4. The molecule has 5 nitrogen and oxygen atoms in total. The van der Waals surface area contributed by atoms with Crippen LogP contribution in [0.1, 0.15) is 6.42 Å². The first-order chi connectivity index (χ1) is 7.77. The summed E-state index contributed by atoms with van der Waals surface area (Å²) in [6.45, 7) is 6.96. The molecule has 16 heavy (non-hydrogen) atoms. The van der Waals surface area contributed by atoms with Crippen LogP contribution < -0.4 is 5.32 Å². The van der Waals surface area contributed by atoms with Gasteiger partial charge in [0.15, 0.2) is 0 Å². The normalized spacial score (nSPS) is 27.4. The van der Waals surface area contributed by atoms with E-state index in [1.54, 1.807) is 0 Å². The van der Waals surface area contributed by atoms with Crippen LogP contribution in [0.3, 0.4) is 0 Å². The lowest BCUT2D eigenvalue weighted by Crippen LogP contribution is -2.47. The average Bonchev–Trinajstić information content (AvgIpc) is 2.74. The van der Waals surface area contributed by atoms with E-state index in [0.717, 1.165) is 45.7 Å². The maximum Gasteiger partial charge on any atom is 0.323 e. The number of piperazine rings is 1. The minimum Gasteiger partial charge on any atom is -0.464 e. The van der Waals surface area contributed by atoms with E-state index >= 15 is 0 Å². The highest BCUT2D eigenvalue weighted by Crippen LogP contribution is 2.12. The van der Waals surface area contributed by atoms with Crippen molar-refractivity contribution in [2.75, 3.05) is 52.9 Å². The second-order valence-electron chi connectivity index (χ2n) is 4.54. The van der Waals surface area contributed by atoms with Gasteiger partial charge in [0.2, 0.25) is 0 Å². The summed E-state index contributed by atoms with van der Waals surface area (Å²) in [6, 6.07) is -0.0112. The molecule has 0 aromatic heterocycles. The highest BCUT2D eigenvalue weighted by Gasteiger charge is 2.30. The standard InChI is InChI=1S/C11H21N3O2/c1-13(10-2-9-16-11(10)15)7-8-14-5-3-12-4-6-14/h10,12H,2-9H2,1H3. The first-order valence-electron chi connectivity index (χ1n) is 6.07. The van der Waals surface area contributed by atoms with Gasteiger partial charge < -0.3 is 10.1 Å². The summed E-state index contributed by atoms with van der Waals surface area (Å²) in [4.78, 5) is 15.9. The van der Waals surface area contributed by atoms with E-state index in [-0.39, 0.29) is 12.0 Å². The number of carbonyl (C=O) groups is 1. The Bertz CT molecular complexity index is 241. The molecule has 92 valence electrons. The number of hydrogen-bond acceptors (Lipinski definition) is 5. The molecule has 0 spiro atoms. The second-order valence-corrected chi connectivity index (χ2v) is 4.54. The third kappa shape index (κ3) is 2.93. The van der Waals surface area contributed by atoms with Crippen molar-refractivity contribution in [3.05, 3.63) is 0 Å². The summed E-state index contributed by atoms with van der Waals surface area (Å²) in [6.07, 6.45) is 0.844. The van der Waals surface area contributed by atoms with Gasteiger partial charge in [0.1, 0.15) is 6.04 Å². The van der Waals surface area contributed by atoms with Gasteiger partial charge in [-0.3, -0.25) is 14.6 Å². The molecule has 0 saturated carbocycles. The van der Waals surface area contributed by atoms with E-state index in [1.807, 2.05) is 7.05 Å². The van der Waals surface area contributed by atoms with Crippen molar-refractivity contribution in [3.63, 3.8) is 0 Å². The minimum atomic E-state index is -0.0530. The molecule has 0 aliphatic carbocycles. The van der Waals surface area contributed by atoms with Crippen LogP contribution >= 0.6 is 0 Å². The number of carbonyl (C=O) groups excluding carboxylic acids is 1. The van der Waals surface area contributed by atoms with Crippen LogP contribution in [0, 0.1) is 0 Å². The number of likely N-dealkylation sites (N-methyl/N-ethyl adjacent to an activating group) is 1. The van der Waals surface area contributed by atoms with Crippen LogP contribution in [0.5, 0.6) is 0 Å². The number of hydrogen-bond donors (Lipinski definition) is 1. The Kier molecular flexibility index (Phi) is 4.15. The first kappa shape index (κ1) is 11.8. The minimum absolute atomic E-state index is 0.0112. The quantitative estimate of drug-likeness (QED) is 0.633. The highest BCUT2D eigenvalue weighted by atomic mass is 16.5. The maximum absolute atomic E-state index is 11.4. The van der Waals surface area contributed by atoms with Crippen molar-refractivity contribution in [1.29, 1.82) is 0 Å². The van der Waals surface area contributed by atoms with Crippen LogP contribution in [0.4, 0.5) is 0 Å². The van der Waals surface area contributed by atoms with E-state index in [9.17, 15) is 4.79 Å². The molecule has 1 N–H and O–H groups in total. The molecule has 0 aromatic carbocycles. The van der Waals surface area contributed by atoms with Gasteiger partial charge in [-0.2, -0.15) is 0 Å². The van der Waals surface area contributed by atoms with E-state index < -0.39 is 0 Å². The molecular weight excluding hydrogens is 206 g/mol. The second kappa shape index (κ2) is 5.61. The zero-order valence-corrected chi connectivity index (χ0v) is 9.95. The van der Waals surface area contributed by atoms with Gasteiger partial charge in [-0.05, 0) is 7.05 Å². The molecule has 2 saturated heterocycles. The zero-order chi connectivity index (χ0) is 11.4. The molecular formula is C11H21N3O2. The predicted octanol–water partition coefficient (Wildman–Crippen LogP) is -0.861. The Balaban J connectivity index is 1.70. The Morgan fingerprint density at radius 1 is 1.50 bits per heavy atom. The summed E-state index contributed by atoms with van der Waals surface area (Å²) in [7, 11) is 2.01. The van der Waals surface area contributed by atoms with Gasteiger partial charge in [0.25, 0.3) is 0 Å². The van der Waals surface area contributed by atoms with Crippen LogP contribution in [-0.4, -0.2) is 74.7 Å². The molecule has 2 fully saturated rings. The van der Waals surface area contributed by atoms with Crippen molar-refractivity contribution in [2.24, 2.45) is 0 Å². The summed E-state index contributed by atoms with van der Waals surface area (Å²) in [5.41, 5.74) is 0. The van der Waals surface area contributed by atoms with Crippen molar-refractivity contribution in [2.45, 2.75) is 12.5 Å². The van der Waals surface area contributed by atoms with Crippen molar-refractivity contribution in [1.82, 2.24) is 15.1 Å². The molecule has 0 radical (unpaired) electrons. The smallest absolute Gasteiger partial charge is 0.323 e. The van der Waals surface area contributed by atoms with Gasteiger partial charge in [-0.15, -0.1) is 0 Å². The Hall–Kier alpha value is -0.650. The van der Waals surface area contributed by atoms with Gasteiger partial charge in [0, 0.05) is 45.7 Å². The number of ether oxygens (including phenoxy) is 1. The van der Waals surface area contributed by atoms with Crippen LogP contribution in [0.25, 0.3) is 0 Å². The molecule has 0 amide bonds. The molecule has 0 aromatic rings. The number of cyclic esters (lactones) is 1. The van der Waals surface area contributed by atoms with Crippen LogP contribution in [0.15, 0.2) is 0 Å². The largest absolute Gasteiger partial charge is 0.464 e. The molecule has 2 heterocycles. The lowest BCUT2D eigenvalue weighted by molar-refractivity contribution is -0.142. The zero-order valence-electron chi connectivity index (χ0n) is 9.95. The SMILES string of the molecule is CN(CCN1CCNCC1)C1CCOC1=O. The van der Waals surface area contributed by atoms with Crippen molar-refractivity contribution in [3.8, 4) is 0 Å². The van der Waals surface area contributed by atoms with Crippen LogP contribution in [0.2, 0.25) is 0 Å². The molecule has 2 aliphatic heterocycles. The third-order valence-electron chi connectivity index (χ3n) is 3.42. The third-order valence-corrected chi connectivity index (χ3v) is 3.42. The van der Waals surface area contributed by atoms with E-state index in [0.29, 0.717) is 6.61 Å². The number of nitrogens with one attached hydrogen (secondary N) is 1. The Morgan fingerprint density at radius 3 is 2.88 bits per heavy atom. The van der Waals surface area contributed by atoms with Crippen LogP contribution in [-0.2, 0) is 9.53 Å². The lowest BCUT2D eigenvalue weighted by atomic mass is 10.2. The van der Waals surface area contributed by atoms with E-state index in [2.05, 4.69) is 15.1 Å².